The Hall–Kier alpha value is -1.59. The molecule has 338 valence electrons. The van der Waals surface area contributed by atoms with E-state index in [4.69, 9.17) is 14.2 Å². The first-order valence-corrected chi connectivity index (χ1v) is 25.2. The first-order valence-electron chi connectivity index (χ1n) is 25.2. The molecule has 1 atom stereocenters. The maximum atomic E-state index is 12.8. The van der Waals surface area contributed by atoms with Gasteiger partial charge >= 0.3 is 17.9 Å². The Bertz CT molecular complexity index is 870. The second-order valence-corrected chi connectivity index (χ2v) is 18.4. The maximum absolute atomic E-state index is 12.8. The summed E-state index contributed by atoms with van der Waals surface area (Å²) in [5, 5.41) is 0. The average Bonchev–Trinajstić information content (AvgIpc) is 3.18. The number of rotatable bonds is 45. The average molecular weight is 807 g/mol. The van der Waals surface area contributed by atoms with Crippen LogP contribution in [0.3, 0.4) is 0 Å². The van der Waals surface area contributed by atoms with Crippen LogP contribution in [-0.4, -0.2) is 37.2 Å². The highest BCUT2D eigenvalue weighted by molar-refractivity contribution is 5.71. The lowest BCUT2D eigenvalue weighted by Crippen LogP contribution is -2.30. The van der Waals surface area contributed by atoms with Crippen molar-refractivity contribution in [2.45, 2.75) is 285 Å². The second kappa shape index (κ2) is 44.0. The van der Waals surface area contributed by atoms with Crippen LogP contribution in [-0.2, 0) is 28.6 Å². The molecule has 0 bridgehead atoms. The van der Waals surface area contributed by atoms with Crippen molar-refractivity contribution >= 4 is 17.9 Å². The van der Waals surface area contributed by atoms with Gasteiger partial charge in [0.15, 0.2) is 6.10 Å². The summed E-state index contributed by atoms with van der Waals surface area (Å²) in [6.07, 6.45) is 43.8. The zero-order valence-corrected chi connectivity index (χ0v) is 39.0. The smallest absolute Gasteiger partial charge is 0.306 e. The van der Waals surface area contributed by atoms with Crippen molar-refractivity contribution < 1.29 is 28.6 Å². The van der Waals surface area contributed by atoms with Gasteiger partial charge in [-0.2, -0.15) is 0 Å². The highest BCUT2D eigenvalue weighted by atomic mass is 16.6. The molecule has 0 saturated carbocycles. The Morgan fingerprint density at radius 3 is 0.860 bits per heavy atom. The van der Waals surface area contributed by atoms with Crippen molar-refractivity contribution in [2.24, 2.45) is 11.8 Å². The Balaban J connectivity index is 4.30. The SMILES string of the molecule is CCCCCCCCCCCCCCCCCC(=O)O[C@@H](COC(=O)CCCCCCCCCCCCCC(C)C)COC(=O)CCCCCCCCCC(C)C. The minimum absolute atomic E-state index is 0.0645. The molecule has 0 unspecified atom stereocenters. The lowest BCUT2D eigenvalue weighted by molar-refractivity contribution is -0.167. The number of carbonyl (C=O) groups excluding carboxylic acids is 3. The van der Waals surface area contributed by atoms with Gasteiger partial charge in [-0.05, 0) is 31.1 Å². The molecule has 0 amide bonds. The second-order valence-electron chi connectivity index (χ2n) is 18.4. The van der Waals surface area contributed by atoms with Crippen LogP contribution in [0.2, 0.25) is 0 Å². The van der Waals surface area contributed by atoms with Gasteiger partial charge in [0.25, 0.3) is 0 Å². The van der Waals surface area contributed by atoms with Gasteiger partial charge in [-0.3, -0.25) is 14.4 Å². The molecular formula is C51H98O6. The van der Waals surface area contributed by atoms with Crippen LogP contribution in [0.4, 0.5) is 0 Å². The number of hydrogen-bond acceptors (Lipinski definition) is 6. The topological polar surface area (TPSA) is 78.9 Å². The first-order chi connectivity index (χ1) is 27.7. The number of hydrogen-bond donors (Lipinski definition) is 0. The fourth-order valence-electron chi connectivity index (χ4n) is 7.64. The molecule has 0 rings (SSSR count). The van der Waals surface area contributed by atoms with E-state index in [1.54, 1.807) is 0 Å². The van der Waals surface area contributed by atoms with E-state index >= 15 is 0 Å². The van der Waals surface area contributed by atoms with E-state index in [0.29, 0.717) is 19.3 Å². The van der Waals surface area contributed by atoms with Gasteiger partial charge in [0, 0.05) is 19.3 Å². The molecule has 0 aromatic rings. The molecule has 6 nitrogen and oxygen atoms in total. The van der Waals surface area contributed by atoms with E-state index in [1.165, 1.54) is 167 Å². The number of carbonyl (C=O) groups is 3. The molecule has 0 aliphatic rings. The van der Waals surface area contributed by atoms with Crippen LogP contribution in [0.15, 0.2) is 0 Å². The molecule has 0 aromatic carbocycles. The van der Waals surface area contributed by atoms with E-state index in [2.05, 4.69) is 34.6 Å². The van der Waals surface area contributed by atoms with Gasteiger partial charge in [0.1, 0.15) is 13.2 Å². The molecule has 0 heterocycles. The molecule has 6 heteroatoms. The van der Waals surface area contributed by atoms with Crippen molar-refractivity contribution in [3.63, 3.8) is 0 Å². The third kappa shape index (κ3) is 45.3. The standard InChI is InChI=1S/C51H98O6/c1-6-7-8-9-10-11-12-13-14-15-18-22-27-33-38-43-51(54)57-48(45-56-50(53)42-37-32-28-23-25-30-35-40-47(4)5)44-55-49(52)41-36-31-26-21-19-16-17-20-24-29-34-39-46(2)3/h46-48H,6-45H2,1-5H3/t48-/m0/s1. The normalized spacial score (nSPS) is 12.1. The van der Waals surface area contributed by atoms with E-state index < -0.39 is 6.10 Å². The first kappa shape index (κ1) is 55.4. The molecule has 0 radical (unpaired) electrons. The van der Waals surface area contributed by atoms with Crippen molar-refractivity contribution in [1.82, 2.24) is 0 Å². The van der Waals surface area contributed by atoms with Crippen molar-refractivity contribution in [3.8, 4) is 0 Å². The molecule has 0 aromatic heterocycles. The Morgan fingerprint density at radius 1 is 0.333 bits per heavy atom. The zero-order valence-electron chi connectivity index (χ0n) is 39.0. The minimum Gasteiger partial charge on any atom is -0.462 e. The predicted molar refractivity (Wildman–Crippen MR) is 243 cm³/mol. The van der Waals surface area contributed by atoms with Crippen molar-refractivity contribution in [2.75, 3.05) is 13.2 Å². The van der Waals surface area contributed by atoms with Crippen molar-refractivity contribution in [1.29, 1.82) is 0 Å². The fourth-order valence-corrected chi connectivity index (χ4v) is 7.64. The van der Waals surface area contributed by atoms with Crippen LogP contribution in [0.5, 0.6) is 0 Å². The maximum Gasteiger partial charge on any atom is 0.306 e. The minimum atomic E-state index is -0.761. The largest absolute Gasteiger partial charge is 0.462 e. The highest BCUT2D eigenvalue weighted by Crippen LogP contribution is 2.17. The lowest BCUT2D eigenvalue weighted by Gasteiger charge is -2.18. The van der Waals surface area contributed by atoms with Crippen LogP contribution in [0, 0.1) is 11.8 Å². The molecule has 0 fully saturated rings. The number of ether oxygens (including phenoxy) is 3. The highest BCUT2D eigenvalue weighted by Gasteiger charge is 2.19. The lowest BCUT2D eigenvalue weighted by atomic mass is 10.0. The Labute approximate surface area is 355 Å². The zero-order chi connectivity index (χ0) is 41.9. The van der Waals surface area contributed by atoms with Crippen molar-refractivity contribution in [3.05, 3.63) is 0 Å². The van der Waals surface area contributed by atoms with Crippen LogP contribution >= 0.6 is 0 Å². The summed E-state index contributed by atoms with van der Waals surface area (Å²) in [7, 11) is 0. The summed E-state index contributed by atoms with van der Waals surface area (Å²) in [4.78, 5) is 37.9. The molecule has 0 aliphatic heterocycles. The molecule has 0 saturated heterocycles. The monoisotopic (exact) mass is 807 g/mol. The molecule has 0 aliphatic carbocycles. The summed E-state index contributed by atoms with van der Waals surface area (Å²) < 4.78 is 16.8. The molecule has 0 spiro atoms. The summed E-state index contributed by atoms with van der Waals surface area (Å²) in [6, 6.07) is 0. The van der Waals surface area contributed by atoms with Crippen LogP contribution in [0.25, 0.3) is 0 Å². The molecular weight excluding hydrogens is 709 g/mol. The van der Waals surface area contributed by atoms with Crippen LogP contribution in [0.1, 0.15) is 279 Å². The number of esters is 3. The van der Waals surface area contributed by atoms with E-state index in [1.807, 2.05) is 0 Å². The summed E-state index contributed by atoms with van der Waals surface area (Å²) >= 11 is 0. The van der Waals surface area contributed by atoms with E-state index in [0.717, 1.165) is 69.6 Å². The van der Waals surface area contributed by atoms with Gasteiger partial charge < -0.3 is 14.2 Å². The fraction of sp³-hybridized carbons (Fsp3) is 0.941. The quantitative estimate of drug-likeness (QED) is 0.0346. The third-order valence-corrected chi connectivity index (χ3v) is 11.5. The van der Waals surface area contributed by atoms with E-state index in [9.17, 15) is 14.4 Å². The summed E-state index contributed by atoms with van der Waals surface area (Å²) in [6.45, 7) is 11.3. The van der Waals surface area contributed by atoms with Crippen LogP contribution < -0.4 is 0 Å². The third-order valence-electron chi connectivity index (χ3n) is 11.5. The van der Waals surface area contributed by atoms with Gasteiger partial charge in [-0.15, -0.1) is 0 Å². The summed E-state index contributed by atoms with van der Waals surface area (Å²) in [5.41, 5.74) is 0. The van der Waals surface area contributed by atoms with Gasteiger partial charge in [0.05, 0.1) is 0 Å². The Morgan fingerprint density at radius 2 is 0.579 bits per heavy atom. The van der Waals surface area contributed by atoms with Gasteiger partial charge in [0.2, 0.25) is 0 Å². The molecule has 57 heavy (non-hydrogen) atoms. The number of unbranched alkanes of at least 4 members (excludes halogenated alkanes) is 30. The van der Waals surface area contributed by atoms with Gasteiger partial charge in [-0.1, -0.05) is 240 Å². The van der Waals surface area contributed by atoms with Gasteiger partial charge in [-0.25, -0.2) is 0 Å². The predicted octanol–water partition coefficient (Wildman–Crippen LogP) is 16.1. The Kier molecular flexibility index (Phi) is 42.7. The molecule has 0 N–H and O–H groups in total. The summed E-state index contributed by atoms with van der Waals surface area (Å²) in [5.74, 6) is 0.756. The van der Waals surface area contributed by atoms with E-state index in [-0.39, 0.29) is 31.1 Å².